The van der Waals surface area contributed by atoms with Crippen molar-refractivity contribution in [2.75, 3.05) is 32.8 Å². The molecule has 0 unspecified atom stereocenters. The van der Waals surface area contributed by atoms with Gasteiger partial charge in [-0.1, -0.05) is 36.9 Å². The van der Waals surface area contributed by atoms with Gasteiger partial charge in [0.15, 0.2) is 0 Å². The summed E-state index contributed by atoms with van der Waals surface area (Å²) in [6, 6.07) is 8.75. The molecule has 6 nitrogen and oxygen atoms in total. The Balaban J connectivity index is 1.42. The minimum absolute atomic E-state index is 0.122. The summed E-state index contributed by atoms with van der Waals surface area (Å²) in [4.78, 5) is 16.8. The maximum Gasteiger partial charge on any atom is 0.573 e. The summed E-state index contributed by atoms with van der Waals surface area (Å²) in [5.74, 6) is -0.784. The third-order valence-electron chi connectivity index (χ3n) is 6.34. The molecule has 0 bridgehead atoms. The van der Waals surface area contributed by atoms with Crippen molar-refractivity contribution in [1.82, 2.24) is 9.80 Å². The molecule has 37 heavy (non-hydrogen) atoms. The Kier molecular flexibility index (Phi) is 8.04. The molecule has 1 saturated heterocycles. The van der Waals surface area contributed by atoms with E-state index in [4.69, 9.17) is 4.74 Å². The SMILES string of the molecule is C=C(/C=C\C(=C/C)CN1CCOCC1)c1cc(O)c2c(c1)CN(Cc1ccc(OC(F)(F)F)cc1)C2=O. The smallest absolute Gasteiger partial charge is 0.507 e. The molecule has 196 valence electrons. The zero-order valence-electron chi connectivity index (χ0n) is 20.6. The van der Waals surface area contributed by atoms with Crippen LogP contribution in [0.3, 0.4) is 0 Å². The van der Waals surface area contributed by atoms with E-state index in [0.717, 1.165) is 38.4 Å². The lowest BCUT2D eigenvalue weighted by Crippen LogP contribution is -2.37. The minimum atomic E-state index is -4.76. The highest BCUT2D eigenvalue weighted by Gasteiger charge is 2.32. The van der Waals surface area contributed by atoms with Crippen molar-refractivity contribution in [2.45, 2.75) is 26.4 Å². The average Bonchev–Trinajstić information content (AvgIpc) is 3.17. The van der Waals surface area contributed by atoms with Crippen LogP contribution in [0.1, 0.15) is 34.0 Å². The van der Waals surface area contributed by atoms with E-state index in [1.807, 2.05) is 25.1 Å². The molecule has 1 amide bonds. The van der Waals surface area contributed by atoms with Crippen molar-refractivity contribution in [1.29, 1.82) is 0 Å². The molecule has 0 saturated carbocycles. The number of morpholine rings is 1. The van der Waals surface area contributed by atoms with Crippen LogP contribution in [0.5, 0.6) is 11.5 Å². The van der Waals surface area contributed by atoms with E-state index in [1.165, 1.54) is 35.2 Å². The van der Waals surface area contributed by atoms with Crippen LogP contribution >= 0.6 is 0 Å². The second-order valence-electron chi connectivity index (χ2n) is 8.99. The van der Waals surface area contributed by atoms with Gasteiger partial charge >= 0.3 is 6.36 Å². The van der Waals surface area contributed by atoms with Crippen LogP contribution in [-0.4, -0.2) is 60.0 Å². The maximum absolute atomic E-state index is 12.9. The lowest BCUT2D eigenvalue weighted by Gasteiger charge is -2.26. The fraction of sp³-hybridized carbons (Fsp3) is 0.321. The Labute approximate surface area is 213 Å². The van der Waals surface area contributed by atoms with Gasteiger partial charge in [-0.25, -0.2) is 0 Å². The first-order valence-electron chi connectivity index (χ1n) is 12.0. The van der Waals surface area contributed by atoms with Gasteiger partial charge in [-0.3, -0.25) is 9.69 Å². The zero-order valence-corrected chi connectivity index (χ0v) is 20.6. The number of alkyl halides is 3. The van der Waals surface area contributed by atoms with E-state index in [0.29, 0.717) is 22.3 Å². The van der Waals surface area contributed by atoms with Crippen LogP contribution < -0.4 is 4.74 Å². The highest BCUT2D eigenvalue weighted by atomic mass is 19.4. The van der Waals surface area contributed by atoms with Crippen molar-refractivity contribution in [3.63, 3.8) is 0 Å². The fourth-order valence-electron chi connectivity index (χ4n) is 4.38. The number of hydrogen-bond donors (Lipinski definition) is 1. The predicted molar refractivity (Wildman–Crippen MR) is 134 cm³/mol. The number of phenolic OH excluding ortho intramolecular Hbond substituents is 1. The summed E-state index contributed by atoms with van der Waals surface area (Å²) in [5.41, 5.74) is 4.09. The molecule has 9 heteroatoms. The molecular formula is C28H29F3N2O4. The molecular weight excluding hydrogens is 485 g/mol. The molecule has 0 atom stereocenters. The van der Waals surface area contributed by atoms with Crippen LogP contribution in [0.25, 0.3) is 5.57 Å². The number of nitrogens with zero attached hydrogens (tertiary/aromatic N) is 2. The molecule has 1 N–H and O–H groups in total. The molecule has 4 rings (SSSR count). The van der Waals surface area contributed by atoms with Crippen molar-refractivity contribution in [3.8, 4) is 11.5 Å². The molecule has 0 spiro atoms. The van der Waals surface area contributed by atoms with Gasteiger partial charge in [0.2, 0.25) is 0 Å². The van der Waals surface area contributed by atoms with Gasteiger partial charge in [0, 0.05) is 32.7 Å². The van der Waals surface area contributed by atoms with Gasteiger partial charge in [-0.15, -0.1) is 13.2 Å². The number of benzene rings is 2. The van der Waals surface area contributed by atoms with Crippen LogP contribution in [0.15, 0.2) is 66.8 Å². The molecule has 2 aromatic carbocycles. The van der Waals surface area contributed by atoms with Crippen molar-refractivity contribution < 1.29 is 32.5 Å². The number of phenols is 1. The van der Waals surface area contributed by atoms with Crippen molar-refractivity contribution in [2.24, 2.45) is 0 Å². The number of carbonyl (C=O) groups excluding carboxylic acids is 1. The molecule has 0 aliphatic carbocycles. The quantitative estimate of drug-likeness (QED) is 0.485. The number of ether oxygens (including phenoxy) is 2. The summed E-state index contributed by atoms with van der Waals surface area (Å²) in [5, 5.41) is 10.6. The van der Waals surface area contributed by atoms with E-state index >= 15 is 0 Å². The average molecular weight is 515 g/mol. The van der Waals surface area contributed by atoms with Crippen LogP contribution in [0.2, 0.25) is 0 Å². The second-order valence-corrected chi connectivity index (χ2v) is 8.99. The minimum Gasteiger partial charge on any atom is -0.507 e. The van der Waals surface area contributed by atoms with E-state index < -0.39 is 6.36 Å². The predicted octanol–water partition coefficient (Wildman–Crippen LogP) is 5.29. The van der Waals surface area contributed by atoms with Gasteiger partial charge < -0.3 is 19.5 Å². The Morgan fingerprint density at radius 1 is 1.16 bits per heavy atom. The number of aromatic hydroxyl groups is 1. The van der Waals surface area contributed by atoms with Crippen LogP contribution in [-0.2, 0) is 17.8 Å². The fourth-order valence-corrected chi connectivity index (χ4v) is 4.38. The first-order chi connectivity index (χ1) is 17.6. The maximum atomic E-state index is 12.9. The third kappa shape index (κ3) is 6.81. The lowest BCUT2D eigenvalue weighted by atomic mass is 9.99. The summed E-state index contributed by atoms with van der Waals surface area (Å²) in [6.45, 7) is 10.6. The molecule has 2 aliphatic heterocycles. The number of amides is 1. The van der Waals surface area contributed by atoms with E-state index in [1.54, 1.807) is 0 Å². The first-order valence-corrected chi connectivity index (χ1v) is 12.0. The topological polar surface area (TPSA) is 62.2 Å². The molecule has 1 fully saturated rings. The first kappa shape index (κ1) is 26.5. The van der Waals surface area contributed by atoms with Gasteiger partial charge in [0.1, 0.15) is 11.5 Å². The van der Waals surface area contributed by atoms with E-state index in [2.05, 4.69) is 22.3 Å². The third-order valence-corrected chi connectivity index (χ3v) is 6.34. The number of fused-ring (bicyclic) bond motifs is 1. The number of hydrogen-bond acceptors (Lipinski definition) is 5. The molecule has 2 heterocycles. The monoisotopic (exact) mass is 514 g/mol. The van der Waals surface area contributed by atoms with Gasteiger partial charge in [0.25, 0.3) is 5.91 Å². The van der Waals surface area contributed by atoms with Crippen molar-refractivity contribution in [3.05, 3.63) is 89.0 Å². The molecule has 2 aromatic rings. The normalized spacial score (nSPS) is 16.9. The molecule has 0 radical (unpaired) electrons. The molecule has 0 aromatic heterocycles. The van der Waals surface area contributed by atoms with Gasteiger partial charge in [0.05, 0.1) is 18.8 Å². The lowest BCUT2D eigenvalue weighted by molar-refractivity contribution is -0.274. The van der Waals surface area contributed by atoms with E-state index in [9.17, 15) is 23.1 Å². The summed E-state index contributed by atoms with van der Waals surface area (Å²) in [6.07, 6.45) is 1.19. The number of halogens is 3. The van der Waals surface area contributed by atoms with E-state index in [-0.39, 0.29) is 36.1 Å². The van der Waals surface area contributed by atoms with Gasteiger partial charge in [-0.05, 0) is 59.0 Å². The summed E-state index contributed by atoms with van der Waals surface area (Å²) in [7, 11) is 0. The summed E-state index contributed by atoms with van der Waals surface area (Å²) >= 11 is 0. The Hall–Kier alpha value is -3.56. The van der Waals surface area contributed by atoms with Gasteiger partial charge in [-0.2, -0.15) is 0 Å². The number of allylic oxidation sites excluding steroid dienone is 3. The zero-order chi connectivity index (χ0) is 26.6. The largest absolute Gasteiger partial charge is 0.573 e. The number of carbonyl (C=O) groups is 1. The Bertz CT molecular complexity index is 1210. The summed E-state index contributed by atoms with van der Waals surface area (Å²) < 4.78 is 46.4. The van der Waals surface area contributed by atoms with Crippen LogP contribution in [0, 0.1) is 0 Å². The Morgan fingerprint density at radius 3 is 2.51 bits per heavy atom. The molecule has 2 aliphatic rings. The highest BCUT2D eigenvalue weighted by molar-refractivity contribution is 6.01. The van der Waals surface area contributed by atoms with Crippen molar-refractivity contribution >= 4 is 11.5 Å². The highest BCUT2D eigenvalue weighted by Crippen LogP contribution is 2.35. The standard InChI is InChI=1S/C28H29F3N2O4/c1-3-20(16-32-10-12-36-13-11-32)5-4-19(2)22-14-23-18-33(27(35)26(23)25(34)15-22)17-21-6-8-24(9-7-21)37-28(29,30)31/h3-9,14-15,34H,2,10-13,16-18H2,1H3/b5-4-,20-3+. The Morgan fingerprint density at radius 2 is 1.86 bits per heavy atom. The second kappa shape index (κ2) is 11.2. The number of rotatable bonds is 8. The van der Waals surface area contributed by atoms with Crippen LogP contribution in [0.4, 0.5) is 13.2 Å².